The van der Waals surface area contributed by atoms with Crippen molar-refractivity contribution in [1.29, 1.82) is 0 Å². The summed E-state index contributed by atoms with van der Waals surface area (Å²) in [5.41, 5.74) is 5.56. The minimum Gasteiger partial charge on any atom is -0.0623 e. The van der Waals surface area contributed by atoms with Crippen LogP contribution in [0.3, 0.4) is 0 Å². The van der Waals surface area contributed by atoms with Gasteiger partial charge in [0.15, 0.2) is 8.07 Å². The highest BCUT2D eigenvalue weighted by Gasteiger charge is 2.51. The highest BCUT2D eigenvalue weighted by Crippen LogP contribution is 2.43. The van der Waals surface area contributed by atoms with Crippen LogP contribution in [-0.2, 0) is 0 Å². The van der Waals surface area contributed by atoms with E-state index in [4.69, 9.17) is 0 Å². The molecule has 0 spiro atoms. The van der Waals surface area contributed by atoms with Gasteiger partial charge in [-0.25, -0.2) is 0 Å². The molecule has 0 N–H and O–H groups in total. The van der Waals surface area contributed by atoms with Crippen molar-refractivity contribution in [2.24, 2.45) is 0 Å². The quantitative estimate of drug-likeness (QED) is 0.447. The second-order valence-electron chi connectivity index (χ2n) is 7.35. The Hall–Kier alpha value is -3.16. The van der Waals surface area contributed by atoms with E-state index in [2.05, 4.69) is 109 Å². The van der Waals surface area contributed by atoms with Crippen molar-refractivity contribution in [3.05, 3.63) is 114 Å². The highest BCUT2D eigenvalue weighted by atomic mass is 28.3. The molecule has 2 aliphatic rings. The Morgan fingerprint density at radius 2 is 1.04 bits per heavy atom. The molecule has 0 aliphatic carbocycles. The summed E-state index contributed by atoms with van der Waals surface area (Å²) >= 11 is 0. The van der Waals surface area contributed by atoms with Crippen LogP contribution < -0.4 is 15.6 Å². The van der Waals surface area contributed by atoms with Crippen molar-refractivity contribution in [1.82, 2.24) is 0 Å². The summed E-state index contributed by atoms with van der Waals surface area (Å²) in [6.45, 7) is 0. The van der Waals surface area contributed by atoms with Gasteiger partial charge in [0.1, 0.15) is 0 Å². The van der Waals surface area contributed by atoms with E-state index >= 15 is 0 Å². The molecule has 0 unspecified atom stereocenters. The second kappa shape index (κ2) is 5.42. The van der Waals surface area contributed by atoms with Crippen LogP contribution in [0.4, 0.5) is 0 Å². The number of rotatable bonds is 1. The summed E-state index contributed by atoms with van der Waals surface area (Å²) in [4.78, 5) is 0. The van der Waals surface area contributed by atoms with Crippen LogP contribution >= 0.6 is 0 Å². The molecule has 0 fully saturated rings. The van der Waals surface area contributed by atoms with E-state index in [9.17, 15) is 0 Å². The summed E-state index contributed by atoms with van der Waals surface area (Å²) in [5, 5.41) is 6.05. The molecule has 0 amide bonds. The molecule has 0 aromatic heterocycles. The van der Waals surface area contributed by atoms with Crippen LogP contribution in [-0.4, -0.2) is 8.07 Å². The monoisotopic (exact) mass is 358 g/mol. The lowest BCUT2D eigenvalue weighted by molar-refractivity contribution is 1.57. The number of fused-ring (bicyclic) bond motifs is 8. The van der Waals surface area contributed by atoms with Crippen molar-refractivity contribution in [2.75, 3.05) is 0 Å². The maximum Gasteiger partial charge on any atom is 0.181 e. The first-order valence-corrected chi connectivity index (χ1v) is 11.5. The van der Waals surface area contributed by atoms with Crippen LogP contribution in [0.2, 0.25) is 0 Å². The van der Waals surface area contributed by atoms with E-state index in [1.54, 1.807) is 0 Å². The maximum absolute atomic E-state index is 2.46. The Balaban J connectivity index is 1.84. The summed E-state index contributed by atoms with van der Waals surface area (Å²) in [6.07, 6.45) is 2.46. The molecular weight excluding hydrogens is 340 g/mol. The van der Waals surface area contributed by atoms with E-state index in [-0.39, 0.29) is 0 Å². The van der Waals surface area contributed by atoms with Crippen molar-refractivity contribution in [3.8, 4) is 11.1 Å². The standard InChI is InChI=1S/C26H18Si/c1-2-11-20(12-3-1)27-24-16-8-4-10-19(24)18-26(27)23-15-6-5-13-21(23)22-14-7-9-17-25(22)27/h1-18H/t27-/m0/s1. The molecule has 0 saturated heterocycles. The second-order valence-corrected chi connectivity index (χ2v) is 11.0. The summed E-state index contributed by atoms with van der Waals surface area (Å²) in [7, 11) is -2.26. The fourth-order valence-corrected chi connectivity index (χ4v) is 10.5. The van der Waals surface area contributed by atoms with Gasteiger partial charge in [-0.3, -0.25) is 0 Å². The Labute approximate surface area is 160 Å². The largest absolute Gasteiger partial charge is 0.181 e. The van der Waals surface area contributed by atoms with E-state index in [1.165, 1.54) is 43.0 Å². The fourth-order valence-electron chi connectivity index (χ4n) is 5.10. The predicted molar refractivity (Wildman–Crippen MR) is 117 cm³/mol. The lowest BCUT2D eigenvalue weighted by atomic mass is 9.98. The minimum absolute atomic E-state index is 1.37. The van der Waals surface area contributed by atoms with Gasteiger partial charge in [0, 0.05) is 0 Å². The maximum atomic E-state index is 2.46. The van der Waals surface area contributed by atoms with E-state index in [1.807, 2.05) is 0 Å². The van der Waals surface area contributed by atoms with Crippen molar-refractivity contribution < 1.29 is 0 Å². The van der Waals surface area contributed by atoms with Crippen LogP contribution in [0.25, 0.3) is 22.4 Å². The van der Waals surface area contributed by atoms with Gasteiger partial charge < -0.3 is 0 Å². The average Bonchev–Trinajstić information content (AvgIpc) is 3.11. The third-order valence-corrected chi connectivity index (χ3v) is 11.0. The van der Waals surface area contributed by atoms with Crippen LogP contribution in [0.1, 0.15) is 11.1 Å². The zero-order valence-corrected chi connectivity index (χ0v) is 15.9. The lowest BCUT2D eigenvalue weighted by Crippen LogP contribution is -2.68. The predicted octanol–water partition coefficient (Wildman–Crippen LogP) is 4.23. The minimum atomic E-state index is -2.26. The Bertz CT molecular complexity index is 1220. The Morgan fingerprint density at radius 1 is 0.444 bits per heavy atom. The third-order valence-electron chi connectivity index (χ3n) is 6.11. The van der Waals surface area contributed by atoms with Crippen LogP contribution in [0.5, 0.6) is 0 Å². The SMILES string of the molecule is C1=C2c3ccccc3-c3ccccc3[Si@]2(c2ccccc2)c2ccccc21. The van der Waals surface area contributed by atoms with E-state index in [0.717, 1.165) is 0 Å². The summed E-state index contributed by atoms with van der Waals surface area (Å²) < 4.78 is 0. The fraction of sp³-hybridized carbons (Fsp3) is 0. The molecule has 126 valence electrons. The first-order valence-electron chi connectivity index (χ1n) is 9.47. The van der Waals surface area contributed by atoms with Gasteiger partial charge in [-0.15, -0.1) is 0 Å². The molecule has 6 rings (SSSR count). The molecule has 2 aliphatic heterocycles. The lowest BCUT2D eigenvalue weighted by Gasteiger charge is -2.39. The molecule has 0 nitrogen and oxygen atoms in total. The number of benzene rings is 4. The van der Waals surface area contributed by atoms with Gasteiger partial charge in [0.25, 0.3) is 0 Å². The first kappa shape index (κ1) is 14.9. The molecular formula is C26H18Si. The molecule has 1 atom stereocenters. The number of hydrogen-bond acceptors (Lipinski definition) is 0. The van der Waals surface area contributed by atoms with Crippen molar-refractivity contribution >= 4 is 34.9 Å². The Morgan fingerprint density at radius 3 is 1.85 bits per heavy atom. The van der Waals surface area contributed by atoms with Gasteiger partial charge >= 0.3 is 0 Å². The van der Waals surface area contributed by atoms with Crippen molar-refractivity contribution in [3.63, 3.8) is 0 Å². The van der Waals surface area contributed by atoms with Gasteiger partial charge in [-0.05, 0) is 43.0 Å². The highest BCUT2D eigenvalue weighted by molar-refractivity contribution is 7.25. The van der Waals surface area contributed by atoms with Crippen molar-refractivity contribution in [2.45, 2.75) is 0 Å². The molecule has 27 heavy (non-hydrogen) atoms. The van der Waals surface area contributed by atoms with E-state index < -0.39 is 8.07 Å². The topological polar surface area (TPSA) is 0 Å². The van der Waals surface area contributed by atoms with Gasteiger partial charge in [0.2, 0.25) is 0 Å². The normalized spacial score (nSPS) is 18.7. The summed E-state index contributed by atoms with van der Waals surface area (Å²) in [5.74, 6) is 0. The molecule has 1 heteroatoms. The van der Waals surface area contributed by atoms with Crippen LogP contribution in [0.15, 0.2) is 103 Å². The zero-order valence-electron chi connectivity index (χ0n) is 14.9. The molecule has 0 bridgehead atoms. The van der Waals surface area contributed by atoms with Gasteiger partial charge in [-0.2, -0.15) is 0 Å². The number of hydrogen-bond donors (Lipinski definition) is 0. The van der Waals surface area contributed by atoms with Crippen LogP contribution in [0, 0.1) is 0 Å². The Kier molecular flexibility index (Phi) is 3.00. The van der Waals surface area contributed by atoms with Gasteiger partial charge in [-0.1, -0.05) is 109 Å². The van der Waals surface area contributed by atoms with E-state index in [0.29, 0.717) is 0 Å². The molecule has 0 saturated carbocycles. The smallest absolute Gasteiger partial charge is 0.0623 e. The summed E-state index contributed by atoms with van der Waals surface area (Å²) in [6, 6.07) is 38.2. The molecule has 0 radical (unpaired) electrons. The first-order chi connectivity index (χ1) is 13.4. The third kappa shape index (κ3) is 1.82. The molecule has 4 aromatic rings. The molecule has 2 heterocycles. The molecule has 4 aromatic carbocycles. The average molecular weight is 359 g/mol. The zero-order chi connectivity index (χ0) is 17.8. The van der Waals surface area contributed by atoms with Gasteiger partial charge in [0.05, 0.1) is 0 Å².